The van der Waals surface area contributed by atoms with E-state index in [1.165, 1.54) is 28.6 Å². The fraction of sp³-hybridized carbons (Fsp3) is 0.462. The van der Waals surface area contributed by atoms with E-state index in [4.69, 9.17) is 5.11 Å². The Bertz CT molecular complexity index is 553. The zero-order chi connectivity index (χ0) is 15.2. The maximum Gasteiger partial charge on any atom is 0.251 e. The first kappa shape index (κ1) is 16.6. The number of rotatable bonds is 7. The molecule has 1 amide bonds. The first-order valence-corrected chi connectivity index (χ1v) is 7.90. The lowest BCUT2D eigenvalue weighted by molar-refractivity contribution is 0.0944. The predicted molar refractivity (Wildman–Crippen MR) is 76.0 cm³/mol. The number of hydrogen-bond donors (Lipinski definition) is 2. The highest BCUT2D eigenvalue weighted by molar-refractivity contribution is 7.89. The first-order chi connectivity index (χ1) is 9.47. The number of carbonyl (C=O) groups is 1. The van der Waals surface area contributed by atoms with Gasteiger partial charge in [-0.2, -0.15) is 4.31 Å². The lowest BCUT2D eigenvalue weighted by Crippen LogP contribution is -2.31. The van der Waals surface area contributed by atoms with Gasteiger partial charge in [0.15, 0.2) is 0 Å². The standard InChI is InChI=1S/C13H20N2O4S/c1-3-15(4-2)20(18,19)12-7-5-6-11(10-12)13(17)14-8-9-16/h5-7,10,16H,3-4,8-9H2,1-2H3,(H,14,17). The minimum Gasteiger partial charge on any atom is -0.395 e. The summed E-state index contributed by atoms with van der Waals surface area (Å²) in [5.74, 6) is -0.407. The molecule has 0 spiro atoms. The van der Waals surface area contributed by atoms with E-state index in [1.807, 2.05) is 0 Å². The number of aliphatic hydroxyl groups excluding tert-OH is 1. The van der Waals surface area contributed by atoms with Gasteiger partial charge in [-0.15, -0.1) is 0 Å². The van der Waals surface area contributed by atoms with Gasteiger partial charge in [-0.25, -0.2) is 8.42 Å². The van der Waals surface area contributed by atoms with Crippen LogP contribution in [-0.4, -0.2) is 50.0 Å². The molecule has 7 heteroatoms. The van der Waals surface area contributed by atoms with Gasteiger partial charge in [-0.05, 0) is 18.2 Å². The number of sulfonamides is 1. The van der Waals surface area contributed by atoms with Crippen molar-refractivity contribution in [2.75, 3.05) is 26.2 Å². The Kier molecular flexibility index (Phi) is 6.12. The van der Waals surface area contributed by atoms with Crippen LogP contribution in [0.25, 0.3) is 0 Å². The predicted octanol–water partition coefficient (Wildman–Crippen LogP) is 0.439. The molecule has 0 saturated carbocycles. The number of hydrogen-bond acceptors (Lipinski definition) is 4. The number of nitrogens with zero attached hydrogens (tertiary/aromatic N) is 1. The quantitative estimate of drug-likeness (QED) is 0.765. The van der Waals surface area contributed by atoms with Gasteiger partial charge in [-0.3, -0.25) is 4.79 Å². The van der Waals surface area contributed by atoms with E-state index in [0.717, 1.165) is 0 Å². The molecule has 0 heterocycles. The maximum absolute atomic E-state index is 12.3. The third kappa shape index (κ3) is 3.78. The summed E-state index contributed by atoms with van der Waals surface area (Å²) in [6.07, 6.45) is 0. The SMILES string of the molecule is CCN(CC)S(=O)(=O)c1cccc(C(=O)NCCO)c1. The lowest BCUT2D eigenvalue weighted by Gasteiger charge is -2.18. The molecule has 0 aliphatic carbocycles. The molecule has 6 nitrogen and oxygen atoms in total. The van der Waals surface area contributed by atoms with Crippen LogP contribution in [0.15, 0.2) is 29.2 Å². The summed E-state index contributed by atoms with van der Waals surface area (Å²) in [5, 5.41) is 11.2. The van der Waals surface area contributed by atoms with Crippen molar-refractivity contribution in [1.29, 1.82) is 0 Å². The summed E-state index contributed by atoms with van der Waals surface area (Å²) in [7, 11) is -3.57. The Hall–Kier alpha value is -1.44. The maximum atomic E-state index is 12.3. The Morgan fingerprint density at radius 3 is 2.50 bits per heavy atom. The van der Waals surface area contributed by atoms with Crippen LogP contribution in [0.4, 0.5) is 0 Å². The molecule has 0 radical (unpaired) electrons. The van der Waals surface area contributed by atoms with Crippen LogP contribution in [0.5, 0.6) is 0 Å². The molecule has 20 heavy (non-hydrogen) atoms. The van der Waals surface area contributed by atoms with E-state index in [2.05, 4.69) is 5.32 Å². The highest BCUT2D eigenvalue weighted by atomic mass is 32.2. The van der Waals surface area contributed by atoms with Crippen LogP contribution in [0.2, 0.25) is 0 Å². The van der Waals surface area contributed by atoms with E-state index < -0.39 is 15.9 Å². The second-order valence-corrected chi connectivity index (χ2v) is 6.03. The summed E-state index contributed by atoms with van der Waals surface area (Å²) in [4.78, 5) is 11.9. The molecule has 0 bridgehead atoms. The monoisotopic (exact) mass is 300 g/mol. The zero-order valence-electron chi connectivity index (χ0n) is 11.7. The number of benzene rings is 1. The van der Waals surface area contributed by atoms with Crippen molar-refractivity contribution < 1.29 is 18.3 Å². The van der Waals surface area contributed by atoms with E-state index in [1.54, 1.807) is 13.8 Å². The van der Waals surface area contributed by atoms with Gasteiger partial charge >= 0.3 is 0 Å². The highest BCUT2D eigenvalue weighted by Gasteiger charge is 2.22. The van der Waals surface area contributed by atoms with Crippen LogP contribution in [0.3, 0.4) is 0 Å². The highest BCUT2D eigenvalue weighted by Crippen LogP contribution is 2.16. The van der Waals surface area contributed by atoms with Gasteiger partial charge in [0.25, 0.3) is 5.91 Å². The topological polar surface area (TPSA) is 86.7 Å². The molecule has 112 valence electrons. The first-order valence-electron chi connectivity index (χ1n) is 6.46. The minimum atomic E-state index is -3.57. The van der Waals surface area contributed by atoms with Crippen molar-refractivity contribution in [3.63, 3.8) is 0 Å². The molecular formula is C13H20N2O4S. The number of nitrogens with one attached hydrogen (secondary N) is 1. The summed E-state index contributed by atoms with van der Waals surface area (Å²) < 4.78 is 26.0. The molecule has 0 aromatic heterocycles. The Balaban J connectivity index is 3.07. The molecule has 1 aromatic rings. The second-order valence-electron chi connectivity index (χ2n) is 4.10. The minimum absolute atomic E-state index is 0.0952. The fourth-order valence-corrected chi connectivity index (χ4v) is 3.29. The number of amides is 1. The van der Waals surface area contributed by atoms with E-state index in [0.29, 0.717) is 13.1 Å². The number of carbonyl (C=O) groups excluding carboxylic acids is 1. The second kappa shape index (κ2) is 7.37. The summed E-state index contributed by atoms with van der Waals surface area (Å²) >= 11 is 0. The van der Waals surface area contributed by atoms with Gasteiger partial charge < -0.3 is 10.4 Å². The molecule has 0 atom stereocenters. The molecule has 1 aromatic carbocycles. The number of aliphatic hydroxyl groups is 1. The summed E-state index contributed by atoms with van der Waals surface area (Å²) in [6, 6.07) is 5.88. The van der Waals surface area contributed by atoms with Gasteiger partial charge in [0.05, 0.1) is 11.5 Å². The van der Waals surface area contributed by atoms with Crippen molar-refractivity contribution in [2.45, 2.75) is 18.7 Å². The molecule has 1 rings (SSSR count). The fourth-order valence-electron chi connectivity index (χ4n) is 1.78. The van der Waals surface area contributed by atoms with Crippen LogP contribution < -0.4 is 5.32 Å². The summed E-state index contributed by atoms with van der Waals surface area (Å²) in [6.45, 7) is 4.24. The molecule has 0 fully saturated rings. The van der Waals surface area contributed by atoms with Crippen molar-refractivity contribution in [3.05, 3.63) is 29.8 Å². The molecule has 0 saturated heterocycles. The van der Waals surface area contributed by atoms with Crippen molar-refractivity contribution in [3.8, 4) is 0 Å². The third-order valence-corrected chi connectivity index (χ3v) is 4.88. The Morgan fingerprint density at radius 2 is 1.95 bits per heavy atom. The van der Waals surface area contributed by atoms with Gasteiger partial charge in [0, 0.05) is 25.2 Å². The smallest absolute Gasteiger partial charge is 0.251 e. The lowest BCUT2D eigenvalue weighted by atomic mass is 10.2. The van der Waals surface area contributed by atoms with Gasteiger partial charge in [-0.1, -0.05) is 19.9 Å². The zero-order valence-corrected chi connectivity index (χ0v) is 12.5. The van der Waals surface area contributed by atoms with E-state index in [-0.39, 0.29) is 23.6 Å². The van der Waals surface area contributed by atoms with Crippen molar-refractivity contribution in [2.24, 2.45) is 0 Å². The van der Waals surface area contributed by atoms with E-state index in [9.17, 15) is 13.2 Å². The molecule has 2 N–H and O–H groups in total. The molecule has 0 aliphatic heterocycles. The largest absolute Gasteiger partial charge is 0.395 e. The Labute approximate surface area is 119 Å². The molecular weight excluding hydrogens is 280 g/mol. The van der Waals surface area contributed by atoms with Crippen LogP contribution in [0, 0.1) is 0 Å². The average Bonchev–Trinajstić information content (AvgIpc) is 2.46. The molecule has 0 unspecified atom stereocenters. The average molecular weight is 300 g/mol. The van der Waals surface area contributed by atoms with E-state index >= 15 is 0 Å². The van der Waals surface area contributed by atoms with Crippen molar-refractivity contribution >= 4 is 15.9 Å². The van der Waals surface area contributed by atoms with Gasteiger partial charge in [0.1, 0.15) is 0 Å². The van der Waals surface area contributed by atoms with Gasteiger partial charge in [0.2, 0.25) is 10.0 Å². The normalized spacial score (nSPS) is 11.6. The molecule has 0 aliphatic rings. The van der Waals surface area contributed by atoms with Crippen LogP contribution in [0.1, 0.15) is 24.2 Å². The Morgan fingerprint density at radius 1 is 1.30 bits per heavy atom. The van der Waals surface area contributed by atoms with Crippen LogP contribution in [-0.2, 0) is 10.0 Å². The summed E-state index contributed by atoms with van der Waals surface area (Å²) in [5.41, 5.74) is 0.256. The van der Waals surface area contributed by atoms with Crippen molar-refractivity contribution in [1.82, 2.24) is 9.62 Å². The third-order valence-electron chi connectivity index (χ3n) is 2.84. The van der Waals surface area contributed by atoms with Crippen LogP contribution >= 0.6 is 0 Å².